The molecule has 0 saturated heterocycles. The zero-order chi connectivity index (χ0) is 9.90. The molecule has 0 aromatic rings. The molecule has 1 saturated carbocycles. The van der Waals surface area contributed by atoms with E-state index in [4.69, 9.17) is 9.84 Å². The molecule has 0 radical (unpaired) electrons. The summed E-state index contributed by atoms with van der Waals surface area (Å²) >= 11 is 0. The number of carboxylic acid groups (broad SMARTS) is 1. The SMILES string of the molecule is O=C(O)/C=C/COCC1CC1(F)F. The van der Waals surface area contributed by atoms with Gasteiger partial charge in [0.1, 0.15) is 0 Å². The van der Waals surface area contributed by atoms with Crippen LogP contribution in [-0.2, 0) is 9.53 Å². The van der Waals surface area contributed by atoms with E-state index in [2.05, 4.69) is 0 Å². The molecule has 13 heavy (non-hydrogen) atoms. The third-order valence-corrected chi connectivity index (χ3v) is 1.75. The maximum Gasteiger partial charge on any atom is 0.328 e. The number of aliphatic carboxylic acids is 1. The summed E-state index contributed by atoms with van der Waals surface area (Å²) in [6, 6.07) is 0. The minimum absolute atomic E-state index is 0.00302. The molecule has 0 aliphatic heterocycles. The zero-order valence-corrected chi connectivity index (χ0v) is 6.87. The van der Waals surface area contributed by atoms with Crippen molar-refractivity contribution in [1.29, 1.82) is 0 Å². The Balaban J connectivity index is 2.00. The molecule has 0 bridgehead atoms. The second-order valence-corrected chi connectivity index (χ2v) is 2.94. The monoisotopic (exact) mass is 192 g/mol. The van der Waals surface area contributed by atoms with Gasteiger partial charge in [-0.05, 0) is 0 Å². The van der Waals surface area contributed by atoms with Crippen molar-refractivity contribution < 1.29 is 23.4 Å². The van der Waals surface area contributed by atoms with Gasteiger partial charge in [-0.3, -0.25) is 0 Å². The van der Waals surface area contributed by atoms with Crippen LogP contribution in [0.4, 0.5) is 8.78 Å². The minimum atomic E-state index is -2.56. The number of hydrogen-bond acceptors (Lipinski definition) is 2. The summed E-state index contributed by atoms with van der Waals surface area (Å²) in [6.07, 6.45) is 2.09. The van der Waals surface area contributed by atoms with Crippen LogP contribution >= 0.6 is 0 Å². The van der Waals surface area contributed by atoms with E-state index in [-0.39, 0.29) is 19.6 Å². The molecule has 0 spiro atoms. The molecule has 3 nitrogen and oxygen atoms in total. The van der Waals surface area contributed by atoms with E-state index in [1.54, 1.807) is 0 Å². The molecular weight excluding hydrogens is 182 g/mol. The van der Waals surface area contributed by atoms with Crippen LogP contribution in [-0.4, -0.2) is 30.2 Å². The van der Waals surface area contributed by atoms with Gasteiger partial charge in [0.15, 0.2) is 0 Å². The number of hydrogen-bond donors (Lipinski definition) is 1. The molecular formula is C8H10F2O3. The summed E-state index contributed by atoms with van der Waals surface area (Å²) in [4.78, 5) is 9.95. The predicted octanol–water partition coefficient (Wildman–Crippen LogP) is 1.30. The maximum absolute atomic E-state index is 12.2. The quantitative estimate of drug-likeness (QED) is 0.527. The second kappa shape index (κ2) is 3.83. The summed E-state index contributed by atoms with van der Waals surface area (Å²) in [5.74, 6) is -4.30. The zero-order valence-electron chi connectivity index (χ0n) is 6.87. The normalized spacial score (nSPS) is 24.9. The second-order valence-electron chi connectivity index (χ2n) is 2.94. The van der Waals surface area contributed by atoms with Crippen molar-refractivity contribution in [3.63, 3.8) is 0 Å². The molecule has 0 amide bonds. The molecule has 0 heterocycles. The summed E-state index contributed by atoms with van der Waals surface area (Å²) in [5, 5.41) is 8.16. The molecule has 1 N–H and O–H groups in total. The van der Waals surface area contributed by atoms with Crippen molar-refractivity contribution in [2.45, 2.75) is 12.3 Å². The van der Waals surface area contributed by atoms with Crippen molar-refractivity contribution in [1.82, 2.24) is 0 Å². The third kappa shape index (κ3) is 3.50. The van der Waals surface area contributed by atoms with Crippen LogP contribution < -0.4 is 0 Å². The Bertz CT molecular complexity index is 225. The lowest BCUT2D eigenvalue weighted by Gasteiger charge is -1.98. The van der Waals surface area contributed by atoms with Crippen molar-refractivity contribution in [3.8, 4) is 0 Å². The first kappa shape index (κ1) is 10.1. The van der Waals surface area contributed by atoms with E-state index in [0.717, 1.165) is 6.08 Å². The van der Waals surface area contributed by atoms with Gasteiger partial charge in [0, 0.05) is 12.5 Å². The van der Waals surface area contributed by atoms with Gasteiger partial charge < -0.3 is 9.84 Å². The molecule has 1 atom stereocenters. The van der Waals surface area contributed by atoms with E-state index in [0.29, 0.717) is 0 Å². The van der Waals surface area contributed by atoms with Crippen LogP contribution in [0.15, 0.2) is 12.2 Å². The van der Waals surface area contributed by atoms with E-state index >= 15 is 0 Å². The summed E-state index contributed by atoms with van der Waals surface area (Å²) in [6.45, 7) is 0.0653. The van der Waals surface area contributed by atoms with Gasteiger partial charge in [-0.2, -0.15) is 0 Å². The minimum Gasteiger partial charge on any atom is -0.478 e. The maximum atomic E-state index is 12.2. The fourth-order valence-corrected chi connectivity index (χ4v) is 0.878. The van der Waals surface area contributed by atoms with Crippen LogP contribution in [0.1, 0.15) is 6.42 Å². The fraction of sp³-hybridized carbons (Fsp3) is 0.625. The molecule has 1 fully saturated rings. The number of halogens is 2. The topological polar surface area (TPSA) is 46.5 Å². The van der Waals surface area contributed by atoms with E-state index in [1.807, 2.05) is 0 Å². The van der Waals surface area contributed by atoms with Gasteiger partial charge in [0.05, 0.1) is 19.1 Å². The van der Waals surface area contributed by atoms with Crippen LogP contribution in [0.5, 0.6) is 0 Å². The first-order chi connectivity index (χ1) is 6.02. The molecule has 1 aliphatic rings. The lowest BCUT2D eigenvalue weighted by molar-refractivity contribution is -0.131. The van der Waals surface area contributed by atoms with Crippen molar-refractivity contribution in [2.75, 3.05) is 13.2 Å². The Labute approximate surface area is 74.0 Å². The van der Waals surface area contributed by atoms with Crippen molar-refractivity contribution in [2.24, 2.45) is 5.92 Å². The first-order valence-corrected chi connectivity index (χ1v) is 3.87. The molecule has 1 aliphatic carbocycles. The Morgan fingerprint density at radius 3 is 2.77 bits per heavy atom. The lowest BCUT2D eigenvalue weighted by atomic mass is 10.4. The van der Waals surface area contributed by atoms with Gasteiger partial charge in [-0.1, -0.05) is 6.08 Å². The van der Waals surface area contributed by atoms with E-state index in [1.165, 1.54) is 6.08 Å². The third-order valence-electron chi connectivity index (χ3n) is 1.75. The van der Waals surface area contributed by atoms with Crippen molar-refractivity contribution >= 4 is 5.97 Å². The highest BCUT2D eigenvalue weighted by atomic mass is 19.3. The van der Waals surface area contributed by atoms with Gasteiger partial charge in [-0.15, -0.1) is 0 Å². The number of alkyl halides is 2. The van der Waals surface area contributed by atoms with Gasteiger partial charge in [0.2, 0.25) is 0 Å². The van der Waals surface area contributed by atoms with Gasteiger partial charge in [0.25, 0.3) is 5.92 Å². The number of rotatable bonds is 5. The fourth-order valence-electron chi connectivity index (χ4n) is 0.878. The average molecular weight is 192 g/mol. The largest absolute Gasteiger partial charge is 0.478 e. The van der Waals surface area contributed by atoms with Gasteiger partial charge in [-0.25, -0.2) is 13.6 Å². The van der Waals surface area contributed by atoms with Crippen molar-refractivity contribution in [3.05, 3.63) is 12.2 Å². The van der Waals surface area contributed by atoms with Gasteiger partial charge >= 0.3 is 5.97 Å². The molecule has 0 aromatic carbocycles. The van der Waals surface area contributed by atoms with Crippen LogP contribution in [0.3, 0.4) is 0 Å². The molecule has 74 valence electrons. The Kier molecular flexibility index (Phi) is 2.98. The number of carbonyl (C=O) groups is 1. The summed E-state index contributed by atoms with van der Waals surface area (Å²) < 4.78 is 29.3. The number of ether oxygens (including phenoxy) is 1. The van der Waals surface area contributed by atoms with E-state index in [9.17, 15) is 13.6 Å². The summed E-state index contributed by atoms with van der Waals surface area (Å²) in [5.41, 5.74) is 0. The Hall–Kier alpha value is -0.970. The molecule has 1 rings (SSSR count). The molecule has 1 unspecified atom stereocenters. The highest BCUT2D eigenvalue weighted by Gasteiger charge is 2.56. The molecule has 0 aromatic heterocycles. The average Bonchev–Trinajstić information content (AvgIpc) is 2.58. The Morgan fingerprint density at radius 1 is 1.69 bits per heavy atom. The van der Waals surface area contributed by atoms with E-state index < -0.39 is 17.8 Å². The van der Waals surface area contributed by atoms with Crippen LogP contribution in [0, 0.1) is 5.92 Å². The number of carboxylic acids is 1. The molecule has 5 heteroatoms. The lowest BCUT2D eigenvalue weighted by Crippen LogP contribution is -2.03. The van der Waals surface area contributed by atoms with Crippen LogP contribution in [0.25, 0.3) is 0 Å². The first-order valence-electron chi connectivity index (χ1n) is 3.87. The smallest absolute Gasteiger partial charge is 0.328 e. The predicted molar refractivity (Wildman–Crippen MR) is 40.6 cm³/mol. The highest BCUT2D eigenvalue weighted by Crippen LogP contribution is 2.48. The Morgan fingerprint density at radius 2 is 2.31 bits per heavy atom. The summed E-state index contributed by atoms with van der Waals surface area (Å²) in [7, 11) is 0. The highest BCUT2D eigenvalue weighted by molar-refractivity contribution is 5.79. The standard InChI is InChI=1S/C8H10F2O3/c9-8(10)4-6(8)5-13-3-1-2-7(11)12/h1-2,6H,3-5H2,(H,11,12)/b2-1+. The van der Waals surface area contributed by atoms with Crippen LogP contribution in [0.2, 0.25) is 0 Å².